The predicted octanol–water partition coefficient (Wildman–Crippen LogP) is 6.36. The first-order chi connectivity index (χ1) is 19.4. The van der Waals surface area contributed by atoms with Crippen molar-refractivity contribution in [3.63, 3.8) is 0 Å². The minimum absolute atomic E-state index is 0.0394. The maximum absolute atomic E-state index is 14.1. The van der Waals surface area contributed by atoms with Crippen molar-refractivity contribution >= 4 is 50.7 Å². The molecule has 220 valence electrons. The molecule has 3 aromatic rings. The molecule has 11 heteroatoms. The van der Waals surface area contributed by atoms with E-state index in [1.165, 1.54) is 29.2 Å². The molecule has 0 aliphatic rings. The minimum atomic E-state index is -4.27. The summed E-state index contributed by atoms with van der Waals surface area (Å²) < 4.78 is 42.4. The van der Waals surface area contributed by atoms with Crippen molar-refractivity contribution in [1.82, 2.24) is 10.2 Å². The highest BCUT2D eigenvalue weighted by atomic mass is 35.5. The Morgan fingerprint density at radius 3 is 2.05 bits per heavy atom. The van der Waals surface area contributed by atoms with E-state index in [0.29, 0.717) is 22.0 Å². The molecule has 2 atom stereocenters. The summed E-state index contributed by atoms with van der Waals surface area (Å²) in [7, 11) is -4.27. The van der Waals surface area contributed by atoms with Gasteiger partial charge in [0.1, 0.15) is 18.4 Å². The van der Waals surface area contributed by atoms with Gasteiger partial charge in [0.2, 0.25) is 11.8 Å². The van der Waals surface area contributed by atoms with Gasteiger partial charge in [-0.1, -0.05) is 60.8 Å². The molecule has 0 aliphatic heterocycles. The zero-order chi connectivity index (χ0) is 30.3. The molecule has 0 saturated carbocycles. The van der Waals surface area contributed by atoms with Crippen molar-refractivity contribution in [2.75, 3.05) is 10.8 Å². The zero-order valence-corrected chi connectivity index (χ0v) is 25.7. The lowest BCUT2D eigenvalue weighted by atomic mass is 10.1. The van der Waals surface area contributed by atoms with Crippen molar-refractivity contribution in [3.05, 3.63) is 93.7 Å². The molecule has 0 radical (unpaired) electrons. The number of carbonyl (C=O) groups is 2. The molecular formula is C30H34Cl2FN3O4S. The SMILES string of the molecule is CC[C@@H](C)NC(=O)[C@H](CC)N(Cc1c(Cl)cccc1Cl)C(=O)CN(c1ccc(F)cc1)S(=O)(=O)c1ccc(C)cc1. The van der Waals surface area contributed by atoms with E-state index in [1.54, 1.807) is 37.3 Å². The number of amides is 2. The first-order valence-electron chi connectivity index (χ1n) is 13.3. The fourth-order valence-corrected chi connectivity index (χ4v) is 6.12. The fourth-order valence-electron chi connectivity index (χ4n) is 4.19. The van der Waals surface area contributed by atoms with Crippen molar-refractivity contribution in [2.45, 2.75) is 64.1 Å². The van der Waals surface area contributed by atoms with Gasteiger partial charge in [-0.25, -0.2) is 12.8 Å². The Morgan fingerprint density at radius 2 is 1.51 bits per heavy atom. The van der Waals surface area contributed by atoms with Gasteiger partial charge < -0.3 is 10.2 Å². The van der Waals surface area contributed by atoms with Crippen LogP contribution < -0.4 is 9.62 Å². The van der Waals surface area contributed by atoms with Crippen LogP contribution >= 0.6 is 23.2 Å². The molecule has 0 spiro atoms. The summed E-state index contributed by atoms with van der Waals surface area (Å²) in [6, 6.07) is 14.8. The highest BCUT2D eigenvalue weighted by Gasteiger charge is 2.34. The Morgan fingerprint density at radius 1 is 0.927 bits per heavy atom. The van der Waals surface area contributed by atoms with Crippen LogP contribution in [0.3, 0.4) is 0 Å². The summed E-state index contributed by atoms with van der Waals surface area (Å²) in [5.41, 5.74) is 1.37. The summed E-state index contributed by atoms with van der Waals surface area (Å²) in [4.78, 5) is 28.7. The number of halogens is 3. The number of nitrogens with one attached hydrogen (secondary N) is 1. The normalized spacial score (nSPS) is 12.9. The van der Waals surface area contributed by atoms with Crippen LogP contribution in [-0.4, -0.2) is 43.8 Å². The Bertz CT molecular complexity index is 1450. The second kappa shape index (κ2) is 14.2. The van der Waals surface area contributed by atoms with Crippen LogP contribution in [0.25, 0.3) is 0 Å². The van der Waals surface area contributed by atoms with Crippen molar-refractivity contribution < 1.29 is 22.4 Å². The number of rotatable bonds is 12. The largest absolute Gasteiger partial charge is 0.352 e. The molecule has 0 aliphatic carbocycles. The van der Waals surface area contributed by atoms with Crippen molar-refractivity contribution in [2.24, 2.45) is 0 Å². The molecule has 0 unspecified atom stereocenters. The summed E-state index contributed by atoms with van der Waals surface area (Å²) in [5.74, 6) is -1.60. The van der Waals surface area contributed by atoms with E-state index in [9.17, 15) is 22.4 Å². The van der Waals surface area contributed by atoms with Crippen molar-refractivity contribution in [1.29, 1.82) is 0 Å². The zero-order valence-electron chi connectivity index (χ0n) is 23.4. The highest BCUT2D eigenvalue weighted by Crippen LogP contribution is 2.29. The van der Waals surface area contributed by atoms with E-state index < -0.39 is 34.3 Å². The second-order valence-corrected chi connectivity index (χ2v) is 12.4. The molecule has 41 heavy (non-hydrogen) atoms. The summed E-state index contributed by atoms with van der Waals surface area (Å²) in [5, 5.41) is 3.51. The van der Waals surface area contributed by atoms with Crippen LogP contribution in [0.15, 0.2) is 71.6 Å². The molecule has 0 heterocycles. The smallest absolute Gasteiger partial charge is 0.264 e. The summed E-state index contributed by atoms with van der Waals surface area (Å²) >= 11 is 12.9. The Kier molecular flexibility index (Phi) is 11.2. The number of hydrogen-bond acceptors (Lipinski definition) is 4. The number of sulfonamides is 1. The van der Waals surface area contributed by atoms with E-state index in [1.807, 2.05) is 20.8 Å². The van der Waals surface area contributed by atoms with Crippen molar-refractivity contribution in [3.8, 4) is 0 Å². The Hall–Kier alpha value is -3.14. The lowest BCUT2D eigenvalue weighted by molar-refractivity contribution is -0.140. The molecule has 3 aromatic carbocycles. The molecule has 0 aromatic heterocycles. The maximum Gasteiger partial charge on any atom is 0.264 e. The average Bonchev–Trinajstić information content (AvgIpc) is 2.93. The van der Waals surface area contributed by atoms with Gasteiger partial charge in [0.15, 0.2) is 0 Å². The molecular weight excluding hydrogens is 588 g/mol. The molecule has 1 N–H and O–H groups in total. The lowest BCUT2D eigenvalue weighted by Crippen LogP contribution is -2.53. The number of benzene rings is 3. The van der Waals surface area contributed by atoms with Crippen LogP contribution in [0, 0.1) is 12.7 Å². The standard InChI is InChI=1S/C30H34Cl2FN3O4S/c1-5-21(4)34-30(38)28(6-2)35(18-25-26(31)8-7-9-27(25)32)29(37)19-36(23-14-12-22(33)13-15-23)41(39,40)24-16-10-20(3)11-17-24/h7-17,21,28H,5-6,18-19H2,1-4H3,(H,34,38)/t21-,28+/m1/s1. The van der Waals surface area contributed by atoms with E-state index in [2.05, 4.69) is 5.32 Å². The first-order valence-corrected chi connectivity index (χ1v) is 15.5. The molecule has 0 saturated heterocycles. The third kappa shape index (κ3) is 7.99. The molecule has 7 nitrogen and oxygen atoms in total. The van der Waals surface area contributed by atoms with E-state index in [0.717, 1.165) is 22.0 Å². The van der Waals surface area contributed by atoms with Crippen LogP contribution in [0.2, 0.25) is 10.0 Å². The van der Waals surface area contributed by atoms with Gasteiger partial charge in [-0.3, -0.25) is 13.9 Å². The van der Waals surface area contributed by atoms with Crippen LogP contribution in [0.4, 0.5) is 10.1 Å². The quantitative estimate of drug-likeness (QED) is 0.255. The topological polar surface area (TPSA) is 86.8 Å². The lowest BCUT2D eigenvalue weighted by Gasteiger charge is -2.34. The molecule has 0 fully saturated rings. The first kappa shape index (κ1) is 32.4. The Balaban J connectivity index is 2.09. The van der Waals surface area contributed by atoms with Gasteiger partial charge >= 0.3 is 0 Å². The maximum atomic E-state index is 14.1. The third-order valence-electron chi connectivity index (χ3n) is 6.78. The van der Waals surface area contributed by atoms with Crippen LogP contribution in [0.1, 0.15) is 44.7 Å². The number of hydrogen-bond donors (Lipinski definition) is 1. The van der Waals surface area contributed by atoms with E-state index in [-0.39, 0.29) is 35.5 Å². The van der Waals surface area contributed by atoms with Gasteiger partial charge in [-0.2, -0.15) is 0 Å². The molecule has 3 rings (SSSR count). The summed E-state index contributed by atoms with van der Waals surface area (Å²) in [6.07, 6.45) is 0.928. The number of anilines is 1. The van der Waals surface area contributed by atoms with Gasteiger partial charge in [-0.15, -0.1) is 0 Å². The third-order valence-corrected chi connectivity index (χ3v) is 9.28. The monoisotopic (exact) mass is 621 g/mol. The van der Waals surface area contributed by atoms with Gasteiger partial charge in [-0.05, 0) is 75.2 Å². The highest BCUT2D eigenvalue weighted by molar-refractivity contribution is 7.92. The number of carbonyl (C=O) groups excluding carboxylic acids is 2. The summed E-state index contributed by atoms with van der Waals surface area (Å²) in [6.45, 7) is 6.57. The van der Waals surface area contributed by atoms with Crippen LogP contribution in [-0.2, 0) is 26.2 Å². The van der Waals surface area contributed by atoms with E-state index in [4.69, 9.17) is 23.2 Å². The number of nitrogens with zero attached hydrogens (tertiary/aromatic N) is 2. The second-order valence-electron chi connectivity index (χ2n) is 9.76. The van der Waals surface area contributed by atoms with Gasteiger partial charge in [0, 0.05) is 28.2 Å². The van der Waals surface area contributed by atoms with Crippen LogP contribution in [0.5, 0.6) is 0 Å². The Labute approximate surface area is 251 Å². The average molecular weight is 623 g/mol. The van der Waals surface area contributed by atoms with Gasteiger partial charge in [0.25, 0.3) is 10.0 Å². The molecule has 0 bridgehead atoms. The van der Waals surface area contributed by atoms with E-state index >= 15 is 0 Å². The number of aryl methyl sites for hydroxylation is 1. The minimum Gasteiger partial charge on any atom is -0.352 e. The fraction of sp³-hybridized carbons (Fsp3) is 0.333. The predicted molar refractivity (Wildman–Crippen MR) is 161 cm³/mol. The molecule has 2 amide bonds. The van der Waals surface area contributed by atoms with Gasteiger partial charge in [0.05, 0.1) is 10.6 Å².